The maximum Gasteiger partial charge on any atom is 0.273 e. The van der Waals surface area contributed by atoms with E-state index in [0.717, 1.165) is 27.6 Å². The molecular formula is C26H30N4O3. The number of aromatic nitrogens is 2. The van der Waals surface area contributed by atoms with Gasteiger partial charge in [0.1, 0.15) is 6.04 Å². The molecule has 2 amide bonds. The van der Waals surface area contributed by atoms with Crippen molar-refractivity contribution in [2.45, 2.75) is 40.3 Å². The summed E-state index contributed by atoms with van der Waals surface area (Å²) in [5.41, 5.74) is 3.35. The number of aliphatic hydroxyl groups is 1. The summed E-state index contributed by atoms with van der Waals surface area (Å²) in [5.74, 6) is 1.83. The third-order valence-electron chi connectivity index (χ3n) is 5.39. The molecule has 0 unspecified atom stereocenters. The van der Waals surface area contributed by atoms with Crippen LogP contribution in [0.3, 0.4) is 0 Å². The largest absolute Gasteiger partial charge is 0.395 e. The van der Waals surface area contributed by atoms with Crippen molar-refractivity contribution in [3.05, 3.63) is 64.8 Å². The van der Waals surface area contributed by atoms with Crippen molar-refractivity contribution in [3.8, 4) is 12.3 Å². The number of amides is 2. The minimum atomic E-state index is -0.794. The number of hydrogen-bond acceptors (Lipinski definition) is 4. The minimum absolute atomic E-state index is 0.122. The van der Waals surface area contributed by atoms with Crippen LogP contribution >= 0.6 is 0 Å². The molecule has 1 atom stereocenters. The summed E-state index contributed by atoms with van der Waals surface area (Å²) in [6, 6.07) is 12.7. The first-order valence-electron chi connectivity index (χ1n) is 10.9. The van der Waals surface area contributed by atoms with Crippen LogP contribution < -0.4 is 10.6 Å². The van der Waals surface area contributed by atoms with Gasteiger partial charge in [0, 0.05) is 17.5 Å². The fourth-order valence-corrected chi connectivity index (χ4v) is 3.62. The third-order valence-corrected chi connectivity index (χ3v) is 5.39. The van der Waals surface area contributed by atoms with Crippen molar-refractivity contribution in [1.82, 2.24) is 20.4 Å². The summed E-state index contributed by atoms with van der Waals surface area (Å²) in [6.07, 6.45) is 5.44. The molecule has 3 aromatic rings. The van der Waals surface area contributed by atoms with Gasteiger partial charge in [-0.2, -0.15) is 5.10 Å². The molecule has 0 spiro atoms. The van der Waals surface area contributed by atoms with Crippen LogP contribution in [0.2, 0.25) is 0 Å². The Morgan fingerprint density at radius 1 is 1.18 bits per heavy atom. The van der Waals surface area contributed by atoms with Crippen molar-refractivity contribution in [2.75, 3.05) is 13.2 Å². The zero-order chi connectivity index (χ0) is 24.2. The molecule has 0 bridgehead atoms. The summed E-state index contributed by atoms with van der Waals surface area (Å²) >= 11 is 0. The molecule has 7 nitrogen and oxygen atoms in total. The number of carbonyl (C=O) groups is 2. The number of benzene rings is 2. The summed E-state index contributed by atoms with van der Waals surface area (Å²) in [6.45, 7) is 7.99. The topological polar surface area (TPSA) is 96.2 Å². The molecule has 3 N–H and O–H groups in total. The van der Waals surface area contributed by atoms with Gasteiger partial charge in [0.15, 0.2) is 5.69 Å². The molecule has 7 heteroatoms. The van der Waals surface area contributed by atoms with Gasteiger partial charge in [0.25, 0.3) is 5.91 Å². The van der Waals surface area contributed by atoms with Gasteiger partial charge in [-0.1, -0.05) is 50.5 Å². The summed E-state index contributed by atoms with van der Waals surface area (Å²) < 4.78 is 1.78. The van der Waals surface area contributed by atoms with E-state index in [1.54, 1.807) is 4.68 Å². The zero-order valence-corrected chi connectivity index (χ0v) is 19.5. The Morgan fingerprint density at radius 2 is 1.88 bits per heavy atom. The molecule has 172 valence electrons. The highest BCUT2D eigenvalue weighted by molar-refractivity contribution is 6.06. The van der Waals surface area contributed by atoms with E-state index in [1.807, 2.05) is 70.2 Å². The number of fused-ring (bicyclic) bond motifs is 1. The average molecular weight is 447 g/mol. The lowest BCUT2D eigenvalue weighted by Gasteiger charge is -2.30. The first-order chi connectivity index (χ1) is 15.6. The van der Waals surface area contributed by atoms with Crippen LogP contribution in [-0.2, 0) is 11.3 Å². The summed E-state index contributed by atoms with van der Waals surface area (Å²) in [5, 5.41) is 19.9. The predicted octanol–water partition coefficient (Wildman–Crippen LogP) is 2.63. The molecule has 0 aliphatic heterocycles. The SMILES string of the molecule is C#Cc1ccc(Cn2nc(C(=O)N[C@H](C(=O)NCCO)C(C)(C)C)c3cc(C)ccc32)cc1. The molecule has 2 aromatic carbocycles. The van der Waals surface area contributed by atoms with E-state index in [9.17, 15) is 9.59 Å². The molecule has 0 aliphatic rings. The van der Waals surface area contributed by atoms with Crippen LogP contribution in [0.5, 0.6) is 0 Å². The summed E-state index contributed by atoms with van der Waals surface area (Å²) in [7, 11) is 0. The highest BCUT2D eigenvalue weighted by Crippen LogP contribution is 2.24. The standard InChI is InChI=1S/C26H30N4O3/c1-6-18-8-10-19(11-9-18)16-30-21-12-7-17(2)15-20(21)22(29-30)24(32)28-23(26(3,4)5)25(33)27-13-14-31/h1,7-12,15,23,31H,13-14,16H2,2-5H3,(H,27,33)(H,28,32)/t23-/m1/s1. The molecular weight excluding hydrogens is 416 g/mol. The number of nitrogens with zero attached hydrogens (tertiary/aromatic N) is 2. The van der Waals surface area contributed by atoms with Gasteiger partial charge in [-0.25, -0.2) is 0 Å². The first-order valence-corrected chi connectivity index (χ1v) is 10.9. The van der Waals surface area contributed by atoms with Crippen molar-refractivity contribution in [3.63, 3.8) is 0 Å². The quantitative estimate of drug-likeness (QED) is 0.486. The maximum absolute atomic E-state index is 13.3. The van der Waals surface area contributed by atoms with E-state index in [0.29, 0.717) is 6.54 Å². The van der Waals surface area contributed by atoms with Gasteiger partial charge >= 0.3 is 0 Å². The number of aliphatic hydroxyl groups excluding tert-OH is 1. The number of rotatable bonds is 7. The van der Waals surface area contributed by atoms with Crippen molar-refractivity contribution in [2.24, 2.45) is 5.41 Å². The maximum atomic E-state index is 13.3. The fraction of sp³-hybridized carbons (Fsp3) is 0.346. The number of carbonyl (C=O) groups excluding carboxylic acids is 2. The molecule has 33 heavy (non-hydrogen) atoms. The number of nitrogens with one attached hydrogen (secondary N) is 2. The monoisotopic (exact) mass is 446 g/mol. The van der Waals surface area contributed by atoms with Crippen molar-refractivity contribution >= 4 is 22.7 Å². The first kappa shape index (κ1) is 24.0. The Morgan fingerprint density at radius 3 is 2.48 bits per heavy atom. The van der Waals surface area contributed by atoms with Gasteiger partial charge in [-0.3, -0.25) is 14.3 Å². The Balaban J connectivity index is 1.95. The van der Waals surface area contributed by atoms with E-state index in [-0.39, 0.29) is 24.8 Å². The lowest BCUT2D eigenvalue weighted by Crippen LogP contribution is -2.54. The molecule has 0 aliphatic carbocycles. The second kappa shape index (κ2) is 9.88. The van der Waals surface area contributed by atoms with Gasteiger partial charge in [-0.15, -0.1) is 6.42 Å². The molecule has 0 saturated heterocycles. The van der Waals surface area contributed by atoms with Crippen LogP contribution in [0.25, 0.3) is 10.9 Å². The Bertz CT molecular complexity index is 1200. The molecule has 0 fully saturated rings. The molecule has 1 aromatic heterocycles. The molecule has 0 radical (unpaired) electrons. The van der Waals surface area contributed by atoms with Gasteiger partial charge in [0.2, 0.25) is 5.91 Å². The molecule has 1 heterocycles. The van der Waals surface area contributed by atoms with E-state index >= 15 is 0 Å². The van der Waals surface area contributed by atoms with E-state index < -0.39 is 17.4 Å². The zero-order valence-electron chi connectivity index (χ0n) is 19.5. The van der Waals surface area contributed by atoms with Crippen LogP contribution in [0.1, 0.15) is 48.0 Å². The van der Waals surface area contributed by atoms with Gasteiger partial charge in [-0.05, 0) is 42.2 Å². The average Bonchev–Trinajstić information content (AvgIpc) is 3.12. The Labute approximate surface area is 194 Å². The van der Waals surface area contributed by atoms with Crippen LogP contribution in [-0.4, -0.2) is 45.9 Å². The molecule has 3 rings (SSSR count). The van der Waals surface area contributed by atoms with Crippen molar-refractivity contribution in [1.29, 1.82) is 0 Å². The minimum Gasteiger partial charge on any atom is -0.395 e. The Kier molecular flexibility index (Phi) is 7.19. The fourth-order valence-electron chi connectivity index (χ4n) is 3.62. The number of hydrogen-bond donors (Lipinski definition) is 3. The van der Waals surface area contributed by atoms with E-state index in [4.69, 9.17) is 11.5 Å². The third kappa shape index (κ3) is 5.60. The Hall–Kier alpha value is -3.63. The van der Waals surface area contributed by atoms with Gasteiger partial charge < -0.3 is 15.7 Å². The van der Waals surface area contributed by atoms with Crippen molar-refractivity contribution < 1.29 is 14.7 Å². The number of terminal acetylenes is 1. The smallest absolute Gasteiger partial charge is 0.273 e. The van der Waals surface area contributed by atoms with Crippen LogP contribution in [0, 0.1) is 24.7 Å². The lowest BCUT2D eigenvalue weighted by atomic mass is 9.86. The van der Waals surface area contributed by atoms with E-state index in [2.05, 4.69) is 21.7 Å². The van der Waals surface area contributed by atoms with Gasteiger partial charge in [0.05, 0.1) is 18.7 Å². The molecule has 0 saturated carbocycles. The number of aryl methyl sites for hydroxylation is 1. The second-order valence-corrected chi connectivity index (χ2v) is 9.16. The van der Waals surface area contributed by atoms with Crippen LogP contribution in [0.4, 0.5) is 0 Å². The van der Waals surface area contributed by atoms with Crippen LogP contribution in [0.15, 0.2) is 42.5 Å². The summed E-state index contributed by atoms with van der Waals surface area (Å²) in [4.78, 5) is 26.0. The predicted molar refractivity (Wildman–Crippen MR) is 129 cm³/mol. The highest BCUT2D eigenvalue weighted by Gasteiger charge is 2.34. The highest BCUT2D eigenvalue weighted by atomic mass is 16.3. The second-order valence-electron chi connectivity index (χ2n) is 9.16. The normalized spacial score (nSPS) is 12.2. The van der Waals surface area contributed by atoms with E-state index in [1.165, 1.54) is 0 Å². The lowest BCUT2D eigenvalue weighted by molar-refractivity contribution is -0.125.